The van der Waals surface area contributed by atoms with E-state index in [2.05, 4.69) is 31.1 Å². The number of ether oxygens (including phenoxy) is 2. The summed E-state index contributed by atoms with van der Waals surface area (Å²) < 4.78 is 13.7. The molecule has 130 valence electrons. The zero-order chi connectivity index (χ0) is 16.4. The van der Waals surface area contributed by atoms with E-state index in [1.54, 1.807) is 11.3 Å². The van der Waals surface area contributed by atoms with Gasteiger partial charge in [-0.2, -0.15) is 5.10 Å². The minimum Gasteiger partial charge on any atom is -0.380 e. The molecule has 2 atom stereocenters. The molecule has 2 aliphatic rings. The molecule has 1 saturated heterocycles. The Bertz CT molecular complexity index is 665. The largest absolute Gasteiger partial charge is 0.380 e. The van der Waals surface area contributed by atoms with Crippen LogP contribution in [0, 0.1) is 12.8 Å². The number of hydrogen-bond acceptors (Lipinski definition) is 6. The van der Waals surface area contributed by atoms with Crippen molar-refractivity contribution in [3.63, 3.8) is 0 Å². The van der Waals surface area contributed by atoms with Gasteiger partial charge in [-0.05, 0) is 19.4 Å². The number of nitrogens with zero attached hydrogens (tertiary/aromatic N) is 4. The second-order valence-corrected chi connectivity index (χ2v) is 7.75. The Labute approximate surface area is 146 Å². The summed E-state index contributed by atoms with van der Waals surface area (Å²) in [5.74, 6) is 0.437. The fourth-order valence-corrected chi connectivity index (χ4v) is 4.16. The minimum absolute atomic E-state index is 0.437. The lowest BCUT2D eigenvalue weighted by Crippen LogP contribution is -2.38. The lowest BCUT2D eigenvalue weighted by atomic mass is 10.1. The van der Waals surface area contributed by atoms with Crippen molar-refractivity contribution < 1.29 is 9.47 Å². The molecule has 4 rings (SSSR count). The van der Waals surface area contributed by atoms with E-state index in [1.165, 1.54) is 5.69 Å². The maximum Gasteiger partial charge on any atom is 0.0898 e. The molecule has 2 aliphatic heterocycles. The molecule has 24 heavy (non-hydrogen) atoms. The first-order valence-corrected chi connectivity index (χ1v) is 9.47. The van der Waals surface area contributed by atoms with Crippen molar-refractivity contribution in [2.24, 2.45) is 5.92 Å². The van der Waals surface area contributed by atoms with Crippen LogP contribution in [0.25, 0.3) is 0 Å². The van der Waals surface area contributed by atoms with Crippen molar-refractivity contribution >= 4 is 11.3 Å². The van der Waals surface area contributed by atoms with Crippen LogP contribution in [0.5, 0.6) is 0 Å². The molecule has 0 amide bonds. The SMILES string of the molecule is Cc1nc(COC[C@H]2CN([C@H]3CCOC3)Cc3ccnn3C2)cs1. The fraction of sp³-hybridized carbons (Fsp3) is 0.647. The van der Waals surface area contributed by atoms with Gasteiger partial charge in [0.2, 0.25) is 0 Å². The Balaban J connectivity index is 1.39. The van der Waals surface area contributed by atoms with Gasteiger partial charge in [0.1, 0.15) is 0 Å². The quantitative estimate of drug-likeness (QED) is 0.828. The van der Waals surface area contributed by atoms with Crippen LogP contribution >= 0.6 is 11.3 Å². The van der Waals surface area contributed by atoms with Gasteiger partial charge in [-0.1, -0.05) is 0 Å². The average molecular weight is 348 g/mol. The number of thiazole rings is 1. The molecule has 0 bridgehead atoms. The van der Waals surface area contributed by atoms with Crippen molar-refractivity contribution in [2.75, 3.05) is 26.4 Å². The lowest BCUT2D eigenvalue weighted by molar-refractivity contribution is 0.0547. The summed E-state index contributed by atoms with van der Waals surface area (Å²) in [5, 5.41) is 7.66. The Hall–Kier alpha value is -1.28. The Morgan fingerprint density at radius 3 is 3.17 bits per heavy atom. The molecule has 0 saturated carbocycles. The maximum atomic E-state index is 5.98. The highest BCUT2D eigenvalue weighted by atomic mass is 32.1. The van der Waals surface area contributed by atoms with Crippen LogP contribution < -0.4 is 0 Å². The van der Waals surface area contributed by atoms with E-state index in [0.29, 0.717) is 18.6 Å². The highest BCUT2D eigenvalue weighted by molar-refractivity contribution is 7.09. The van der Waals surface area contributed by atoms with Crippen molar-refractivity contribution in [3.8, 4) is 0 Å². The molecule has 0 aliphatic carbocycles. The molecule has 0 aromatic carbocycles. The number of hydrogen-bond donors (Lipinski definition) is 0. The smallest absolute Gasteiger partial charge is 0.0898 e. The van der Waals surface area contributed by atoms with Crippen LogP contribution in [0.3, 0.4) is 0 Å². The normalized spacial score (nSPS) is 24.9. The van der Waals surface area contributed by atoms with E-state index in [0.717, 1.165) is 56.6 Å². The third kappa shape index (κ3) is 3.69. The fourth-order valence-electron chi connectivity index (χ4n) is 3.56. The molecule has 7 heteroatoms. The van der Waals surface area contributed by atoms with E-state index in [1.807, 2.05) is 13.1 Å². The van der Waals surface area contributed by atoms with Crippen molar-refractivity contribution in [1.29, 1.82) is 0 Å². The molecule has 0 N–H and O–H groups in total. The molecule has 0 spiro atoms. The molecule has 4 heterocycles. The van der Waals surface area contributed by atoms with E-state index >= 15 is 0 Å². The first-order valence-electron chi connectivity index (χ1n) is 8.59. The molecular formula is C17H24N4O2S. The van der Waals surface area contributed by atoms with E-state index < -0.39 is 0 Å². The van der Waals surface area contributed by atoms with E-state index in [9.17, 15) is 0 Å². The predicted octanol–water partition coefficient (Wildman–Crippen LogP) is 2.09. The summed E-state index contributed by atoms with van der Waals surface area (Å²) in [6, 6.07) is 2.65. The number of rotatable bonds is 5. The van der Waals surface area contributed by atoms with Gasteiger partial charge in [-0.15, -0.1) is 11.3 Å². The highest BCUT2D eigenvalue weighted by Crippen LogP contribution is 2.22. The van der Waals surface area contributed by atoms with Crippen LogP contribution in [0.1, 0.15) is 22.8 Å². The summed E-state index contributed by atoms with van der Waals surface area (Å²) in [5.41, 5.74) is 2.33. The number of aromatic nitrogens is 3. The van der Waals surface area contributed by atoms with Crippen molar-refractivity contribution in [2.45, 2.75) is 39.1 Å². The first-order chi connectivity index (χ1) is 11.8. The highest BCUT2D eigenvalue weighted by Gasteiger charge is 2.29. The Kier molecular flexibility index (Phi) is 4.93. The van der Waals surface area contributed by atoms with Crippen LogP contribution in [-0.2, 0) is 29.2 Å². The first kappa shape index (κ1) is 16.2. The van der Waals surface area contributed by atoms with Gasteiger partial charge in [-0.25, -0.2) is 4.98 Å². The second kappa shape index (κ2) is 7.31. The minimum atomic E-state index is 0.437. The standard InChI is InChI=1S/C17H24N4O2S/c1-13-19-15(12-24-13)10-23-9-14-6-20(17-3-5-22-11-17)8-16-2-4-18-21(16)7-14/h2,4,12,14,17H,3,5-11H2,1H3/t14-,17-/m0/s1. The number of aryl methyl sites for hydroxylation is 1. The summed E-state index contributed by atoms with van der Waals surface area (Å²) in [4.78, 5) is 7.02. The van der Waals surface area contributed by atoms with Gasteiger partial charge < -0.3 is 9.47 Å². The molecule has 1 fully saturated rings. The van der Waals surface area contributed by atoms with Crippen LogP contribution in [0.15, 0.2) is 17.6 Å². The van der Waals surface area contributed by atoms with Gasteiger partial charge >= 0.3 is 0 Å². The Morgan fingerprint density at radius 1 is 1.42 bits per heavy atom. The Morgan fingerprint density at radius 2 is 2.38 bits per heavy atom. The van der Waals surface area contributed by atoms with Crippen molar-refractivity contribution in [1.82, 2.24) is 19.7 Å². The van der Waals surface area contributed by atoms with Gasteiger partial charge in [0.25, 0.3) is 0 Å². The van der Waals surface area contributed by atoms with Crippen LogP contribution in [0.2, 0.25) is 0 Å². The third-order valence-corrected chi connectivity index (χ3v) is 5.61. The van der Waals surface area contributed by atoms with Crippen molar-refractivity contribution in [3.05, 3.63) is 34.0 Å². The molecule has 6 nitrogen and oxygen atoms in total. The zero-order valence-corrected chi connectivity index (χ0v) is 14.9. The second-order valence-electron chi connectivity index (χ2n) is 6.69. The predicted molar refractivity (Wildman–Crippen MR) is 91.9 cm³/mol. The zero-order valence-electron chi connectivity index (χ0n) is 14.1. The van der Waals surface area contributed by atoms with Crippen LogP contribution in [0.4, 0.5) is 0 Å². The molecule has 0 radical (unpaired) electrons. The number of fused-ring (bicyclic) bond motifs is 1. The average Bonchev–Trinajstić information content (AvgIpc) is 3.29. The van der Waals surface area contributed by atoms with Crippen LogP contribution in [-0.4, -0.2) is 52.1 Å². The van der Waals surface area contributed by atoms with E-state index in [-0.39, 0.29) is 0 Å². The van der Waals surface area contributed by atoms with Gasteiger partial charge in [0, 0.05) is 49.8 Å². The summed E-state index contributed by atoms with van der Waals surface area (Å²) in [6.45, 7) is 8.00. The summed E-state index contributed by atoms with van der Waals surface area (Å²) in [7, 11) is 0. The molecule has 2 aromatic rings. The molecule has 2 aromatic heterocycles. The molecular weight excluding hydrogens is 324 g/mol. The van der Waals surface area contributed by atoms with Gasteiger partial charge in [0.05, 0.1) is 36.2 Å². The summed E-state index contributed by atoms with van der Waals surface area (Å²) in [6.07, 6.45) is 3.03. The monoisotopic (exact) mass is 348 g/mol. The maximum absolute atomic E-state index is 5.98. The topological polar surface area (TPSA) is 52.4 Å². The van der Waals surface area contributed by atoms with Gasteiger partial charge in [-0.3, -0.25) is 9.58 Å². The van der Waals surface area contributed by atoms with Gasteiger partial charge in [0.15, 0.2) is 0 Å². The molecule has 0 unspecified atom stereocenters. The third-order valence-electron chi connectivity index (χ3n) is 4.79. The lowest BCUT2D eigenvalue weighted by Gasteiger charge is -2.28. The summed E-state index contributed by atoms with van der Waals surface area (Å²) >= 11 is 1.68. The van der Waals surface area contributed by atoms with E-state index in [4.69, 9.17) is 9.47 Å².